The van der Waals surface area contributed by atoms with Gasteiger partial charge in [0.25, 0.3) is 0 Å². The molecule has 162 valence electrons. The van der Waals surface area contributed by atoms with E-state index in [0.29, 0.717) is 24.1 Å². The van der Waals surface area contributed by atoms with Gasteiger partial charge in [-0.3, -0.25) is 9.59 Å². The van der Waals surface area contributed by atoms with Crippen molar-refractivity contribution >= 4 is 40.4 Å². The molecule has 4 rings (SSSR count). The fraction of sp³-hybridized carbons (Fsp3) is 0.350. The average molecular weight is 446 g/mol. The van der Waals surface area contributed by atoms with Crippen LogP contribution in [0, 0.1) is 11.7 Å². The number of benzene rings is 1. The maximum Gasteiger partial charge on any atom is 0.243 e. The van der Waals surface area contributed by atoms with E-state index in [1.54, 1.807) is 21.6 Å². The van der Waals surface area contributed by atoms with Crippen LogP contribution in [-0.4, -0.2) is 48.8 Å². The van der Waals surface area contributed by atoms with Crippen LogP contribution in [0.1, 0.15) is 18.9 Å². The highest BCUT2D eigenvalue weighted by Gasteiger charge is 2.37. The highest BCUT2D eigenvalue weighted by Crippen LogP contribution is 2.25. The Morgan fingerprint density at radius 1 is 1.32 bits per heavy atom. The Bertz CT molecular complexity index is 1150. The van der Waals surface area contributed by atoms with E-state index in [4.69, 9.17) is 17.3 Å². The van der Waals surface area contributed by atoms with Crippen molar-refractivity contribution in [2.24, 2.45) is 5.92 Å². The average Bonchev–Trinajstić information content (AvgIpc) is 3.33. The molecule has 1 fully saturated rings. The molecule has 1 aromatic carbocycles. The third kappa shape index (κ3) is 4.15. The Hall–Kier alpha value is -3.27. The Morgan fingerprint density at radius 2 is 2.13 bits per heavy atom. The van der Waals surface area contributed by atoms with Crippen LogP contribution in [0.4, 0.5) is 10.2 Å². The molecule has 3 heterocycles. The van der Waals surface area contributed by atoms with Crippen LogP contribution < -0.4 is 11.1 Å². The lowest BCUT2D eigenvalue weighted by Gasteiger charge is -2.24. The number of carbonyl (C=O) groups is 2. The van der Waals surface area contributed by atoms with Crippen LogP contribution in [0.2, 0.25) is 5.02 Å². The summed E-state index contributed by atoms with van der Waals surface area (Å²) < 4.78 is 15.7. The van der Waals surface area contributed by atoms with Crippen molar-refractivity contribution in [1.29, 1.82) is 0 Å². The lowest BCUT2D eigenvalue weighted by Crippen LogP contribution is -2.46. The first kappa shape index (κ1) is 21.0. The summed E-state index contributed by atoms with van der Waals surface area (Å²) in [5.74, 6) is -0.754. The predicted octanol–water partition coefficient (Wildman–Crippen LogP) is 1.75. The van der Waals surface area contributed by atoms with Gasteiger partial charge in [0.15, 0.2) is 11.5 Å². The number of nitrogens with two attached hydrogens (primary N) is 1. The molecule has 2 atom stereocenters. The van der Waals surface area contributed by atoms with Crippen molar-refractivity contribution < 1.29 is 14.0 Å². The van der Waals surface area contributed by atoms with Crippen LogP contribution in [0.15, 0.2) is 30.9 Å². The predicted molar refractivity (Wildman–Crippen MR) is 112 cm³/mol. The number of imidazole rings is 1. The van der Waals surface area contributed by atoms with Crippen molar-refractivity contribution in [3.63, 3.8) is 0 Å². The normalized spacial score (nSPS) is 18.5. The zero-order valence-corrected chi connectivity index (χ0v) is 17.5. The SMILES string of the molecule is C[C@@H]1C[C@H](C(=O)NCc2cccc(Cl)c2F)N(C(=O)Cn2cnc3c(N)ncnc32)C1. The molecule has 0 radical (unpaired) electrons. The summed E-state index contributed by atoms with van der Waals surface area (Å²) >= 11 is 5.79. The van der Waals surface area contributed by atoms with Crippen molar-refractivity contribution in [2.45, 2.75) is 32.5 Å². The number of rotatable bonds is 5. The summed E-state index contributed by atoms with van der Waals surface area (Å²) in [6.07, 6.45) is 3.31. The summed E-state index contributed by atoms with van der Waals surface area (Å²) in [5, 5.41) is 2.72. The molecule has 1 aliphatic rings. The first-order valence-electron chi connectivity index (χ1n) is 9.76. The van der Waals surface area contributed by atoms with E-state index >= 15 is 0 Å². The quantitative estimate of drug-likeness (QED) is 0.617. The number of nitrogens with zero attached hydrogens (tertiary/aromatic N) is 5. The number of hydrogen-bond donors (Lipinski definition) is 2. The number of likely N-dealkylation sites (tertiary alicyclic amines) is 1. The van der Waals surface area contributed by atoms with Crippen molar-refractivity contribution in [2.75, 3.05) is 12.3 Å². The molecule has 0 aliphatic carbocycles. The highest BCUT2D eigenvalue weighted by molar-refractivity contribution is 6.30. The highest BCUT2D eigenvalue weighted by atomic mass is 35.5. The van der Waals surface area contributed by atoms with Crippen LogP contribution >= 0.6 is 11.6 Å². The first-order chi connectivity index (χ1) is 14.8. The van der Waals surface area contributed by atoms with Gasteiger partial charge in [0, 0.05) is 18.7 Å². The number of fused-ring (bicyclic) bond motifs is 1. The Balaban J connectivity index is 1.46. The molecular formula is C20H21ClFN7O2. The number of nitrogens with one attached hydrogen (secondary N) is 1. The lowest BCUT2D eigenvalue weighted by molar-refractivity contribution is -0.139. The summed E-state index contributed by atoms with van der Waals surface area (Å²) in [5.41, 5.74) is 6.95. The van der Waals surface area contributed by atoms with E-state index in [-0.39, 0.29) is 47.2 Å². The number of hydrogen-bond acceptors (Lipinski definition) is 6. The summed E-state index contributed by atoms with van der Waals surface area (Å²) in [6, 6.07) is 3.98. The van der Waals surface area contributed by atoms with Crippen LogP contribution in [-0.2, 0) is 22.7 Å². The number of amides is 2. The van der Waals surface area contributed by atoms with Crippen LogP contribution in [0.25, 0.3) is 11.2 Å². The van der Waals surface area contributed by atoms with Crippen molar-refractivity contribution in [3.05, 3.63) is 47.3 Å². The van der Waals surface area contributed by atoms with E-state index < -0.39 is 11.9 Å². The molecule has 2 aromatic heterocycles. The minimum absolute atomic E-state index is 0.00459. The van der Waals surface area contributed by atoms with E-state index in [1.165, 1.54) is 18.7 Å². The van der Waals surface area contributed by atoms with Crippen LogP contribution in [0.3, 0.4) is 0 Å². The molecular weight excluding hydrogens is 425 g/mol. The van der Waals surface area contributed by atoms with Gasteiger partial charge in [-0.15, -0.1) is 0 Å². The molecule has 9 nitrogen and oxygen atoms in total. The molecule has 2 amide bonds. The Morgan fingerprint density at radius 3 is 2.94 bits per heavy atom. The maximum absolute atomic E-state index is 14.1. The number of carbonyl (C=O) groups excluding carboxylic acids is 2. The number of nitrogen functional groups attached to an aromatic ring is 1. The summed E-state index contributed by atoms with van der Waals surface area (Å²) in [6.45, 7) is 2.38. The van der Waals surface area contributed by atoms with Gasteiger partial charge in [0.05, 0.1) is 11.3 Å². The van der Waals surface area contributed by atoms with Gasteiger partial charge in [-0.1, -0.05) is 30.7 Å². The van der Waals surface area contributed by atoms with Gasteiger partial charge in [-0.2, -0.15) is 0 Å². The molecule has 3 N–H and O–H groups in total. The first-order valence-corrected chi connectivity index (χ1v) is 10.1. The zero-order valence-electron chi connectivity index (χ0n) is 16.8. The molecule has 0 spiro atoms. The molecule has 1 aliphatic heterocycles. The van der Waals surface area contributed by atoms with E-state index in [0.717, 1.165) is 0 Å². The number of halogens is 2. The van der Waals surface area contributed by atoms with E-state index in [2.05, 4.69) is 20.3 Å². The Labute approximate surface area is 182 Å². The fourth-order valence-electron chi connectivity index (χ4n) is 3.81. The van der Waals surface area contributed by atoms with Gasteiger partial charge in [0.1, 0.15) is 30.2 Å². The van der Waals surface area contributed by atoms with Gasteiger partial charge >= 0.3 is 0 Å². The molecule has 0 saturated carbocycles. The lowest BCUT2D eigenvalue weighted by atomic mass is 10.1. The van der Waals surface area contributed by atoms with Gasteiger partial charge in [0.2, 0.25) is 11.8 Å². The zero-order chi connectivity index (χ0) is 22.1. The number of anilines is 1. The van der Waals surface area contributed by atoms with E-state index in [9.17, 15) is 14.0 Å². The Kier molecular flexibility index (Phi) is 5.73. The third-order valence-corrected chi connectivity index (χ3v) is 5.64. The van der Waals surface area contributed by atoms with Gasteiger partial charge in [-0.05, 0) is 18.4 Å². The second-order valence-electron chi connectivity index (χ2n) is 7.64. The third-order valence-electron chi connectivity index (χ3n) is 5.35. The molecule has 31 heavy (non-hydrogen) atoms. The molecule has 0 bridgehead atoms. The second-order valence-corrected chi connectivity index (χ2v) is 8.04. The minimum atomic E-state index is -0.640. The fourth-order valence-corrected chi connectivity index (χ4v) is 4.00. The molecule has 3 aromatic rings. The van der Waals surface area contributed by atoms with Gasteiger partial charge < -0.3 is 20.5 Å². The second kappa shape index (κ2) is 8.46. The van der Waals surface area contributed by atoms with Crippen molar-refractivity contribution in [1.82, 2.24) is 29.7 Å². The smallest absolute Gasteiger partial charge is 0.243 e. The van der Waals surface area contributed by atoms with Crippen molar-refractivity contribution in [3.8, 4) is 0 Å². The number of aromatic nitrogens is 4. The minimum Gasteiger partial charge on any atom is -0.382 e. The van der Waals surface area contributed by atoms with Gasteiger partial charge in [-0.25, -0.2) is 19.3 Å². The summed E-state index contributed by atoms with van der Waals surface area (Å²) in [7, 11) is 0. The van der Waals surface area contributed by atoms with E-state index in [1.807, 2.05) is 6.92 Å². The topological polar surface area (TPSA) is 119 Å². The molecule has 11 heteroatoms. The maximum atomic E-state index is 14.1. The summed E-state index contributed by atoms with van der Waals surface area (Å²) in [4.78, 5) is 39.6. The molecule has 1 saturated heterocycles. The monoisotopic (exact) mass is 445 g/mol. The molecule has 0 unspecified atom stereocenters. The standard InChI is InChI=1S/C20H21ClFN7O2/c1-11-5-14(20(31)24-6-12-3-2-4-13(21)16(12)22)29(7-11)15(30)8-28-10-27-17-18(23)25-9-26-19(17)28/h2-4,9-11,14H,5-8H2,1H3,(H,24,31)(H2,23,25,26)/t11-,14-/m1/s1. The van der Waals surface area contributed by atoms with Crippen LogP contribution in [0.5, 0.6) is 0 Å². The largest absolute Gasteiger partial charge is 0.382 e.